The van der Waals surface area contributed by atoms with E-state index in [1.165, 1.54) is 19.3 Å². The van der Waals surface area contributed by atoms with Crippen molar-refractivity contribution in [3.05, 3.63) is 23.0 Å². The fourth-order valence-electron chi connectivity index (χ4n) is 5.01. The van der Waals surface area contributed by atoms with Crippen molar-refractivity contribution in [1.29, 1.82) is 0 Å². The van der Waals surface area contributed by atoms with Crippen molar-refractivity contribution in [2.24, 2.45) is 17.8 Å². The van der Waals surface area contributed by atoms with Gasteiger partial charge in [0.15, 0.2) is 10.8 Å². The maximum absolute atomic E-state index is 12.4. The fraction of sp³-hybridized carbons (Fsp3) is 0.667. The van der Waals surface area contributed by atoms with Crippen molar-refractivity contribution in [3.63, 3.8) is 0 Å². The topological polar surface area (TPSA) is 54.9 Å². The highest BCUT2D eigenvalue weighted by molar-refractivity contribution is 6.29. The quantitative estimate of drug-likeness (QED) is 0.911. The molecule has 4 nitrogen and oxygen atoms in total. The van der Waals surface area contributed by atoms with Gasteiger partial charge >= 0.3 is 0 Å². The third kappa shape index (κ3) is 2.10. The van der Waals surface area contributed by atoms with Gasteiger partial charge < -0.3 is 5.32 Å². The van der Waals surface area contributed by atoms with Crippen molar-refractivity contribution in [3.8, 4) is 0 Å². The molecule has 0 aliphatic heterocycles. The first-order chi connectivity index (χ1) is 9.62. The van der Waals surface area contributed by atoms with Gasteiger partial charge in [0.1, 0.15) is 0 Å². The second-order valence-corrected chi connectivity index (χ2v) is 7.28. The van der Waals surface area contributed by atoms with E-state index in [0.29, 0.717) is 10.8 Å². The molecule has 1 aromatic rings. The molecule has 0 spiro atoms. The van der Waals surface area contributed by atoms with Crippen molar-refractivity contribution >= 4 is 17.5 Å². The number of aromatic nitrogens is 2. The maximum Gasteiger partial charge on any atom is 0.272 e. The number of amides is 1. The summed E-state index contributed by atoms with van der Waals surface area (Å²) in [7, 11) is 0. The van der Waals surface area contributed by atoms with Gasteiger partial charge in [-0.2, -0.15) is 0 Å². The molecule has 1 amide bonds. The average molecular weight is 292 g/mol. The summed E-state index contributed by atoms with van der Waals surface area (Å²) in [4.78, 5) is 12.4. The lowest BCUT2D eigenvalue weighted by atomic mass is 9.53. The van der Waals surface area contributed by atoms with E-state index >= 15 is 0 Å². The van der Waals surface area contributed by atoms with Gasteiger partial charge in [0.25, 0.3) is 5.91 Å². The standard InChI is InChI=1S/C15H18ClN3O/c16-13-2-1-12(18-19-13)14(20)17-15-6-9-3-10(7-15)5-11(4-9)8-15/h1-2,9-11H,3-8H2,(H,17,20). The summed E-state index contributed by atoms with van der Waals surface area (Å²) in [5.41, 5.74) is 0.387. The molecular weight excluding hydrogens is 274 g/mol. The Labute approximate surface area is 123 Å². The van der Waals surface area contributed by atoms with Gasteiger partial charge in [-0.3, -0.25) is 4.79 Å². The van der Waals surface area contributed by atoms with Gasteiger partial charge in [-0.15, -0.1) is 10.2 Å². The van der Waals surface area contributed by atoms with Crippen molar-refractivity contribution in [2.75, 3.05) is 0 Å². The molecule has 0 aromatic carbocycles. The number of hydrogen-bond donors (Lipinski definition) is 1. The van der Waals surface area contributed by atoms with Gasteiger partial charge in [0, 0.05) is 5.54 Å². The number of halogens is 1. The summed E-state index contributed by atoms with van der Waals surface area (Å²) in [6.07, 6.45) is 7.55. The second kappa shape index (κ2) is 4.42. The summed E-state index contributed by atoms with van der Waals surface area (Å²) >= 11 is 5.71. The molecule has 5 heteroatoms. The van der Waals surface area contributed by atoms with E-state index < -0.39 is 0 Å². The van der Waals surface area contributed by atoms with Gasteiger partial charge in [0.05, 0.1) is 0 Å². The molecule has 1 aromatic heterocycles. The Hall–Kier alpha value is -1.16. The molecule has 0 atom stereocenters. The Morgan fingerprint density at radius 1 is 1.10 bits per heavy atom. The molecule has 4 saturated carbocycles. The lowest BCUT2D eigenvalue weighted by Gasteiger charge is -2.56. The molecule has 5 rings (SSSR count). The number of hydrogen-bond acceptors (Lipinski definition) is 3. The van der Waals surface area contributed by atoms with Crippen LogP contribution in [0.25, 0.3) is 0 Å². The predicted molar refractivity (Wildman–Crippen MR) is 75.4 cm³/mol. The molecule has 4 aliphatic carbocycles. The normalized spacial score (nSPS) is 38.0. The minimum atomic E-state index is -0.101. The van der Waals surface area contributed by atoms with Crippen LogP contribution in [0.4, 0.5) is 0 Å². The Balaban J connectivity index is 1.53. The highest BCUT2D eigenvalue weighted by atomic mass is 35.5. The smallest absolute Gasteiger partial charge is 0.272 e. The van der Waals surface area contributed by atoms with Crippen LogP contribution < -0.4 is 5.32 Å². The molecule has 4 fully saturated rings. The number of carbonyl (C=O) groups excluding carboxylic acids is 1. The first kappa shape index (κ1) is 12.6. The van der Waals surface area contributed by atoms with E-state index in [0.717, 1.165) is 37.0 Å². The molecule has 0 radical (unpaired) electrons. The van der Waals surface area contributed by atoms with Gasteiger partial charge in [-0.05, 0) is 68.4 Å². The zero-order valence-corrected chi connectivity index (χ0v) is 12.1. The fourth-order valence-corrected chi connectivity index (χ4v) is 5.11. The zero-order chi connectivity index (χ0) is 13.7. The molecule has 20 heavy (non-hydrogen) atoms. The molecular formula is C15H18ClN3O. The largest absolute Gasteiger partial charge is 0.345 e. The Kier molecular flexibility index (Phi) is 2.78. The lowest BCUT2D eigenvalue weighted by molar-refractivity contribution is -0.0168. The number of nitrogens with one attached hydrogen (secondary N) is 1. The highest BCUT2D eigenvalue weighted by Crippen LogP contribution is 2.55. The zero-order valence-electron chi connectivity index (χ0n) is 11.3. The predicted octanol–water partition coefficient (Wildman–Crippen LogP) is 2.83. The highest BCUT2D eigenvalue weighted by Gasteiger charge is 2.51. The first-order valence-electron chi connectivity index (χ1n) is 7.44. The maximum atomic E-state index is 12.4. The van der Waals surface area contributed by atoms with Crippen LogP contribution in [0.15, 0.2) is 12.1 Å². The van der Waals surface area contributed by atoms with E-state index in [9.17, 15) is 4.79 Å². The van der Waals surface area contributed by atoms with Crippen LogP contribution in [0, 0.1) is 17.8 Å². The molecule has 4 aliphatic rings. The minimum Gasteiger partial charge on any atom is -0.345 e. The van der Waals surface area contributed by atoms with Crippen LogP contribution in [-0.4, -0.2) is 21.6 Å². The first-order valence-corrected chi connectivity index (χ1v) is 7.81. The summed E-state index contributed by atoms with van der Waals surface area (Å²) in [6, 6.07) is 3.26. The number of carbonyl (C=O) groups is 1. The van der Waals surface area contributed by atoms with Crippen LogP contribution in [0.3, 0.4) is 0 Å². The molecule has 106 valence electrons. The van der Waals surface area contributed by atoms with E-state index in [2.05, 4.69) is 15.5 Å². The molecule has 0 unspecified atom stereocenters. The van der Waals surface area contributed by atoms with E-state index in [-0.39, 0.29) is 11.4 Å². The van der Waals surface area contributed by atoms with Crippen LogP contribution >= 0.6 is 11.6 Å². The van der Waals surface area contributed by atoms with Gasteiger partial charge in [-0.25, -0.2) is 0 Å². The van der Waals surface area contributed by atoms with Gasteiger partial charge in [0.2, 0.25) is 0 Å². The van der Waals surface area contributed by atoms with Crippen LogP contribution in [-0.2, 0) is 0 Å². The lowest BCUT2D eigenvalue weighted by Crippen LogP contribution is -2.59. The second-order valence-electron chi connectivity index (χ2n) is 6.89. The minimum absolute atomic E-state index is 0.0210. The van der Waals surface area contributed by atoms with Crippen molar-refractivity contribution in [2.45, 2.75) is 44.1 Å². The van der Waals surface area contributed by atoms with Crippen LogP contribution in [0.2, 0.25) is 5.15 Å². The third-order valence-electron chi connectivity index (χ3n) is 5.28. The van der Waals surface area contributed by atoms with Crippen molar-refractivity contribution in [1.82, 2.24) is 15.5 Å². The Bertz CT molecular complexity index is 507. The monoisotopic (exact) mass is 291 g/mol. The average Bonchev–Trinajstić information content (AvgIpc) is 2.37. The molecule has 0 saturated heterocycles. The van der Waals surface area contributed by atoms with E-state index in [1.54, 1.807) is 12.1 Å². The Morgan fingerprint density at radius 3 is 2.20 bits per heavy atom. The van der Waals surface area contributed by atoms with Crippen LogP contribution in [0.1, 0.15) is 49.0 Å². The van der Waals surface area contributed by atoms with E-state index in [1.807, 2.05) is 0 Å². The third-order valence-corrected chi connectivity index (χ3v) is 5.48. The molecule has 4 bridgehead atoms. The Morgan fingerprint density at radius 2 is 1.70 bits per heavy atom. The number of rotatable bonds is 2. The summed E-state index contributed by atoms with van der Waals surface area (Å²) in [6.45, 7) is 0. The number of nitrogens with zero attached hydrogens (tertiary/aromatic N) is 2. The summed E-state index contributed by atoms with van der Waals surface area (Å²) < 4.78 is 0. The van der Waals surface area contributed by atoms with E-state index in [4.69, 9.17) is 11.6 Å². The van der Waals surface area contributed by atoms with Crippen LogP contribution in [0.5, 0.6) is 0 Å². The summed E-state index contributed by atoms with van der Waals surface area (Å²) in [5.74, 6) is 2.35. The van der Waals surface area contributed by atoms with Gasteiger partial charge in [-0.1, -0.05) is 11.6 Å². The summed E-state index contributed by atoms with van der Waals surface area (Å²) in [5, 5.41) is 11.2. The molecule has 1 N–H and O–H groups in total. The molecule has 1 heterocycles. The van der Waals surface area contributed by atoms with Crippen molar-refractivity contribution < 1.29 is 4.79 Å². The SMILES string of the molecule is O=C(NC12CC3CC(CC(C3)C1)C2)c1ccc(Cl)nn1.